The second-order valence-corrected chi connectivity index (χ2v) is 3.95. The van der Waals surface area contributed by atoms with E-state index in [1.807, 2.05) is 0 Å². The topological polar surface area (TPSA) is 64.3 Å². The van der Waals surface area contributed by atoms with Crippen molar-refractivity contribution in [2.24, 2.45) is 7.05 Å². The van der Waals surface area contributed by atoms with Crippen LogP contribution in [-0.4, -0.2) is 27.2 Å². The van der Waals surface area contributed by atoms with Crippen LogP contribution in [-0.2, 0) is 7.05 Å². The molecular weight excluding hydrogens is 277 g/mol. The molecule has 8 heteroatoms. The van der Waals surface area contributed by atoms with Crippen LogP contribution in [0.2, 0.25) is 0 Å². The Morgan fingerprint density at radius 2 is 2.10 bits per heavy atom. The highest BCUT2D eigenvalue weighted by atomic mass is 19.4. The van der Waals surface area contributed by atoms with Crippen LogP contribution in [0, 0.1) is 0 Å². The Morgan fingerprint density at radius 1 is 1.40 bits per heavy atom. The molecule has 20 heavy (non-hydrogen) atoms. The van der Waals surface area contributed by atoms with E-state index < -0.39 is 18.1 Å². The standard InChI is InChI=1S/C12H9F3N2O3/c1-17-6-9(10(16-17)11(18)19)7-3-2-4-8(5-7)20-12(13,14)15/h2-6H,1H3,(H,18,19). The molecule has 0 radical (unpaired) electrons. The number of aromatic carboxylic acids is 1. The zero-order valence-electron chi connectivity index (χ0n) is 10.2. The van der Waals surface area contributed by atoms with Gasteiger partial charge in [-0.05, 0) is 17.7 Å². The quantitative estimate of drug-likeness (QED) is 0.942. The van der Waals surface area contributed by atoms with Crippen molar-refractivity contribution < 1.29 is 27.8 Å². The van der Waals surface area contributed by atoms with Crippen molar-refractivity contribution in [2.45, 2.75) is 6.36 Å². The van der Waals surface area contributed by atoms with Crippen molar-refractivity contribution in [1.82, 2.24) is 9.78 Å². The Bertz CT molecular complexity index is 650. The number of alkyl halides is 3. The molecule has 0 atom stereocenters. The fourth-order valence-electron chi connectivity index (χ4n) is 1.72. The van der Waals surface area contributed by atoms with Gasteiger partial charge < -0.3 is 9.84 Å². The third-order valence-corrected chi connectivity index (χ3v) is 2.41. The number of hydrogen-bond donors (Lipinski definition) is 1. The average molecular weight is 286 g/mol. The number of carbonyl (C=O) groups is 1. The van der Waals surface area contributed by atoms with Crippen LogP contribution in [0.15, 0.2) is 30.5 Å². The molecule has 0 saturated carbocycles. The number of carboxylic acids is 1. The molecule has 1 aromatic heterocycles. The number of rotatable bonds is 3. The molecule has 0 aliphatic rings. The smallest absolute Gasteiger partial charge is 0.476 e. The monoisotopic (exact) mass is 286 g/mol. The van der Waals surface area contributed by atoms with Crippen LogP contribution in [0.1, 0.15) is 10.5 Å². The van der Waals surface area contributed by atoms with Gasteiger partial charge in [0.2, 0.25) is 0 Å². The van der Waals surface area contributed by atoms with Gasteiger partial charge in [-0.15, -0.1) is 13.2 Å². The first-order chi connectivity index (χ1) is 9.26. The second kappa shape index (κ2) is 4.87. The van der Waals surface area contributed by atoms with Gasteiger partial charge in [0.15, 0.2) is 5.69 Å². The Morgan fingerprint density at radius 3 is 2.70 bits per heavy atom. The summed E-state index contributed by atoms with van der Waals surface area (Å²) in [6.45, 7) is 0. The summed E-state index contributed by atoms with van der Waals surface area (Å²) < 4.78 is 41.5. The molecule has 0 spiro atoms. The van der Waals surface area contributed by atoms with Gasteiger partial charge in [-0.25, -0.2) is 4.79 Å². The molecule has 0 fully saturated rings. The van der Waals surface area contributed by atoms with Crippen LogP contribution >= 0.6 is 0 Å². The number of halogens is 3. The van der Waals surface area contributed by atoms with Crippen LogP contribution in [0.4, 0.5) is 13.2 Å². The van der Waals surface area contributed by atoms with E-state index in [2.05, 4.69) is 9.84 Å². The van der Waals surface area contributed by atoms with Gasteiger partial charge in [-0.2, -0.15) is 5.10 Å². The molecule has 5 nitrogen and oxygen atoms in total. The van der Waals surface area contributed by atoms with Crippen LogP contribution in [0.25, 0.3) is 11.1 Å². The summed E-state index contributed by atoms with van der Waals surface area (Å²) in [4.78, 5) is 11.0. The minimum absolute atomic E-state index is 0.215. The minimum Gasteiger partial charge on any atom is -0.476 e. The van der Waals surface area contributed by atoms with Crippen molar-refractivity contribution >= 4 is 5.97 Å². The van der Waals surface area contributed by atoms with E-state index in [1.54, 1.807) is 0 Å². The molecule has 0 aliphatic carbocycles. The van der Waals surface area contributed by atoms with Crippen LogP contribution < -0.4 is 4.74 Å². The molecule has 0 aliphatic heterocycles. The number of nitrogens with zero attached hydrogens (tertiary/aromatic N) is 2. The lowest BCUT2D eigenvalue weighted by Gasteiger charge is -2.09. The predicted molar refractivity (Wildman–Crippen MR) is 62.3 cm³/mol. The summed E-state index contributed by atoms with van der Waals surface area (Å²) in [6, 6.07) is 5.06. The van der Waals surface area contributed by atoms with E-state index in [9.17, 15) is 18.0 Å². The number of carboxylic acid groups (broad SMARTS) is 1. The Kier molecular flexibility index (Phi) is 3.39. The number of hydrogen-bond acceptors (Lipinski definition) is 3. The van der Waals surface area contributed by atoms with Crippen molar-refractivity contribution in [3.63, 3.8) is 0 Å². The van der Waals surface area contributed by atoms with Gasteiger partial charge in [0.1, 0.15) is 5.75 Å². The van der Waals surface area contributed by atoms with Crippen LogP contribution in [0.3, 0.4) is 0 Å². The van der Waals surface area contributed by atoms with Gasteiger partial charge >= 0.3 is 12.3 Å². The molecule has 0 unspecified atom stereocenters. The lowest BCUT2D eigenvalue weighted by Crippen LogP contribution is -2.17. The first-order valence-electron chi connectivity index (χ1n) is 5.39. The largest absolute Gasteiger partial charge is 0.573 e. The predicted octanol–water partition coefficient (Wildman–Crippen LogP) is 2.68. The summed E-state index contributed by atoms with van der Waals surface area (Å²) in [5.74, 6) is -1.68. The fraction of sp³-hybridized carbons (Fsp3) is 0.167. The van der Waals surface area contributed by atoms with E-state index >= 15 is 0 Å². The molecule has 1 heterocycles. The zero-order valence-corrected chi connectivity index (χ0v) is 10.2. The number of ether oxygens (including phenoxy) is 1. The van der Waals surface area contributed by atoms with Crippen LogP contribution in [0.5, 0.6) is 5.75 Å². The van der Waals surface area contributed by atoms with Gasteiger partial charge in [0, 0.05) is 18.8 Å². The first kappa shape index (κ1) is 13.9. The average Bonchev–Trinajstić information content (AvgIpc) is 2.69. The second-order valence-electron chi connectivity index (χ2n) is 3.95. The number of aromatic nitrogens is 2. The maximum absolute atomic E-state index is 12.2. The molecule has 0 bridgehead atoms. The van der Waals surface area contributed by atoms with Crippen molar-refractivity contribution in [2.75, 3.05) is 0 Å². The van der Waals surface area contributed by atoms with E-state index in [1.165, 1.54) is 30.1 Å². The molecule has 2 rings (SSSR count). The summed E-state index contributed by atoms with van der Waals surface area (Å²) in [6.07, 6.45) is -3.39. The minimum atomic E-state index is -4.80. The highest BCUT2D eigenvalue weighted by Crippen LogP contribution is 2.29. The van der Waals surface area contributed by atoms with E-state index in [0.717, 1.165) is 12.1 Å². The Hall–Kier alpha value is -2.51. The molecule has 106 valence electrons. The summed E-state index contributed by atoms with van der Waals surface area (Å²) >= 11 is 0. The van der Waals surface area contributed by atoms with Crippen molar-refractivity contribution in [3.8, 4) is 16.9 Å². The summed E-state index contributed by atoms with van der Waals surface area (Å²) in [5, 5.41) is 12.8. The summed E-state index contributed by atoms with van der Waals surface area (Å²) in [7, 11) is 1.52. The normalized spacial score (nSPS) is 11.4. The molecule has 0 saturated heterocycles. The van der Waals surface area contributed by atoms with E-state index in [4.69, 9.17) is 5.11 Å². The van der Waals surface area contributed by atoms with Crippen molar-refractivity contribution in [3.05, 3.63) is 36.2 Å². The van der Waals surface area contributed by atoms with Crippen molar-refractivity contribution in [1.29, 1.82) is 0 Å². The third-order valence-electron chi connectivity index (χ3n) is 2.41. The van der Waals surface area contributed by atoms with Gasteiger partial charge in [-0.3, -0.25) is 4.68 Å². The highest BCUT2D eigenvalue weighted by Gasteiger charge is 2.31. The molecule has 0 amide bonds. The first-order valence-corrected chi connectivity index (χ1v) is 5.39. The fourth-order valence-corrected chi connectivity index (χ4v) is 1.72. The van der Waals surface area contributed by atoms with Gasteiger partial charge in [0.25, 0.3) is 0 Å². The molecular formula is C12H9F3N2O3. The maximum atomic E-state index is 12.2. The molecule has 2 aromatic rings. The Balaban J connectivity index is 2.43. The highest BCUT2D eigenvalue weighted by molar-refractivity contribution is 5.93. The van der Waals surface area contributed by atoms with Gasteiger partial charge in [0.05, 0.1) is 0 Å². The lowest BCUT2D eigenvalue weighted by atomic mass is 10.1. The zero-order chi connectivity index (χ0) is 14.9. The van der Waals surface area contributed by atoms with Gasteiger partial charge in [-0.1, -0.05) is 12.1 Å². The van der Waals surface area contributed by atoms with E-state index in [-0.39, 0.29) is 16.8 Å². The number of benzene rings is 1. The maximum Gasteiger partial charge on any atom is 0.573 e. The summed E-state index contributed by atoms with van der Waals surface area (Å²) in [5.41, 5.74) is 0.251. The number of aryl methyl sites for hydroxylation is 1. The Labute approximate surface area is 111 Å². The van der Waals surface area contributed by atoms with E-state index in [0.29, 0.717) is 0 Å². The third kappa shape index (κ3) is 3.08. The molecule has 1 N–H and O–H groups in total. The lowest BCUT2D eigenvalue weighted by molar-refractivity contribution is -0.274. The molecule has 1 aromatic carbocycles. The SMILES string of the molecule is Cn1cc(-c2cccc(OC(F)(F)F)c2)c(C(=O)O)n1.